The van der Waals surface area contributed by atoms with Gasteiger partial charge < -0.3 is 9.72 Å². The molecule has 29 heavy (non-hydrogen) atoms. The summed E-state index contributed by atoms with van der Waals surface area (Å²) in [6, 6.07) is 1.57. The van der Waals surface area contributed by atoms with E-state index in [9.17, 15) is 9.59 Å². The van der Waals surface area contributed by atoms with Crippen LogP contribution < -0.4 is 5.56 Å². The highest BCUT2D eigenvalue weighted by atomic mass is 32.1. The Hall–Kier alpha value is -3.53. The summed E-state index contributed by atoms with van der Waals surface area (Å²) in [6.07, 6.45) is 5.14. The predicted octanol–water partition coefficient (Wildman–Crippen LogP) is 2.67. The summed E-state index contributed by atoms with van der Waals surface area (Å²) in [6.45, 7) is 3.99. The molecule has 0 saturated carbocycles. The van der Waals surface area contributed by atoms with Gasteiger partial charge >= 0.3 is 5.97 Å². The number of rotatable bonds is 3. The second-order valence-corrected chi connectivity index (χ2v) is 7.66. The zero-order valence-corrected chi connectivity index (χ0v) is 16.7. The average Bonchev–Trinajstić information content (AvgIpc) is 3.35. The summed E-state index contributed by atoms with van der Waals surface area (Å²) in [5, 5.41) is 9.36. The van der Waals surface area contributed by atoms with Gasteiger partial charge in [0, 0.05) is 30.7 Å². The molecular formula is C19H16N6O3S. The number of carbonyl (C=O) groups is 1. The van der Waals surface area contributed by atoms with Crippen LogP contribution in [0.25, 0.3) is 37.2 Å². The molecule has 10 heteroatoms. The molecule has 5 aromatic heterocycles. The number of fused-ring (bicyclic) bond motifs is 5. The molecule has 0 aliphatic heterocycles. The molecule has 5 aromatic rings. The van der Waals surface area contributed by atoms with Crippen molar-refractivity contribution in [3.63, 3.8) is 0 Å². The van der Waals surface area contributed by atoms with Gasteiger partial charge in [0.15, 0.2) is 0 Å². The van der Waals surface area contributed by atoms with Crippen molar-refractivity contribution >= 4 is 44.1 Å². The highest BCUT2D eigenvalue weighted by Gasteiger charge is 2.19. The van der Waals surface area contributed by atoms with E-state index in [1.807, 2.05) is 20.2 Å². The fourth-order valence-corrected chi connectivity index (χ4v) is 4.49. The number of aromatic nitrogens is 6. The van der Waals surface area contributed by atoms with E-state index < -0.39 is 5.97 Å². The summed E-state index contributed by atoms with van der Waals surface area (Å²) < 4.78 is 8.51. The minimum atomic E-state index is -0.481. The van der Waals surface area contributed by atoms with Crippen molar-refractivity contribution in [1.82, 2.24) is 29.4 Å². The van der Waals surface area contributed by atoms with E-state index >= 15 is 0 Å². The molecule has 0 amide bonds. The standard InChI is InChI=1S/C19H16N6O3S/c1-4-28-19(27)10-5-12-15(20-6-10)16-14(17(26)22-12)18-25(23-16)8-13(29-18)11-7-21-24(3)9(11)2/h5-8H,4H2,1-3H3,(H,22,26). The smallest absolute Gasteiger partial charge is 0.339 e. The first-order chi connectivity index (χ1) is 14.0. The minimum Gasteiger partial charge on any atom is -0.462 e. The van der Waals surface area contributed by atoms with Gasteiger partial charge in [0.2, 0.25) is 0 Å². The van der Waals surface area contributed by atoms with Crippen LogP contribution in [0.1, 0.15) is 23.0 Å². The Morgan fingerprint density at radius 2 is 2.14 bits per heavy atom. The second kappa shape index (κ2) is 6.24. The van der Waals surface area contributed by atoms with Gasteiger partial charge in [0.05, 0.1) is 28.8 Å². The maximum Gasteiger partial charge on any atom is 0.339 e. The summed E-state index contributed by atoms with van der Waals surface area (Å²) in [4.78, 5) is 33.7. The largest absolute Gasteiger partial charge is 0.462 e. The van der Waals surface area contributed by atoms with Crippen LogP contribution >= 0.6 is 11.3 Å². The molecule has 0 bridgehead atoms. The monoisotopic (exact) mass is 408 g/mol. The molecule has 0 saturated heterocycles. The first-order valence-corrected chi connectivity index (χ1v) is 9.79. The third kappa shape index (κ3) is 2.56. The normalized spacial score (nSPS) is 11.7. The third-order valence-corrected chi connectivity index (χ3v) is 6.04. The van der Waals surface area contributed by atoms with Crippen LogP contribution in [0.15, 0.2) is 29.5 Å². The second-order valence-electron chi connectivity index (χ2n) is 6.63. The lowest BCUT2D eigenvalue weighted by molar-refractivity contribution is 0.0526. The quantitative estimate of drug-likeness (QED) is 0.460. The van der Waals surface area contributed by atoms with Crippen molar-refractivity contribution in [3.8, 4) is 10.4 Å². The summed E-state index contributed by atoms with van der Waals surface area (Å²) >= 11 is 1.48. The maximum atomic E-state index is 12.8. The van der Waals surface area contributed by atoms with Crippen LogP contribution in [0, 0.1) is 6.92 Å². The van der Waals surface area contributed by atoms with E-state index in [1.54, 1.807) is 28.4 Å². The van der Waals surface area contributed by atoms with E-state index in [4.69, 9.17) is 4.74 Å². The van der Waals surface area contributed by atoms with Crippen LogP contribution in [0.4, 0.5) is 0 Å². The number of pyridine rings is 2. The Labute approximate surface area is 167 Å². The lowest BCUT2D eigenvalue weighted by Gasteiger charge is -2.03. The molecular weight excluding hydrogens is 392 g/mol. The van der Waals surface area contributed by atoms with Crippen molar-refractivity contribution in [2.24, 2.45) is 7.05 Å². The zero-order valence-electron chi connectivity index (χ0n) is 15.9. The van der Waals surface area contributed by atoms with Crippen LogP contribution in [0.2, 0.25) is 0 Å². The van der Waals surface area contributed by atoms with E-state index in [-0.39, 0.29) is 17.7 Å². The molecule has 0 radical (unpaired) electrons. The van der Waals surface area contributed by atoms with Gasteiger partial charge in [-0.3, -0.25) is 14.5 Å². The lowest BCUT2D eigenvalue weighted by Crippen LogP contribution is -2.09. The number of hydrogen-bond acceptors (Lipinski definition) is 7. The van der Waals surface area contributed by atoms with Gasteiger partial charge in [-0.2, -0.15) is 10.2 Å². The number of H-pyrrole nitrogens is 1. The summed E-state index contributed by atoms with van der Waals surface area (Å²) in [7, 11) is 1.89. The lowest BCUT2D eigenvalue weighted by atomic mass is 10.2. The van der Waals surface area contributed by atoms with Crippen LogP contribution in [0.5, 0.6) is 0 Å². The summed E-state index contributed by atoms with van der Waals surface area (Å²) in [5.41, 5.74) is 3.52. The Bertz CT molecular complexity index is 1490. The zero-order chi connectivity index (χ0) is 20.3. The first kappa shape index (κ1) is 17.6. The molecule has 0 aliphatic carbocycles. The number of aromatic amines is 1. The molecule has 0 aromatic carbocycles. The number of esters is 1. The van der Waals surface area contributed by atoms with Crippen molar-refractivity contribution < 1.29 is 9.53 Å². The number of ether oxygens (including phenoxy) is 1. The third-order valence-electron chi connectivity index (χ3n) is 4.91. The number of nitrogens with zero attached hydrogens (tertiary/aromatic N) is 5. The SMILES string of the molecule is CCOC(=O)c1cnc2c(c1)[nH]c(=O)c1c2nn2cc(-c3cnn(C)c3C)sc12. The Kier molecular flexibility index (Phi) is 3.78. The average molecular weight is 408 g/mol. The number of nitrogens with one attached hydrogen (secondary N) is 1. The molecule has 0 atom stereocenters. The van der Waals surface area contributed by atoms with Gasteiger partial charge in [0.25, 0.3) is 5.56 Å². The molecule has 146 valence electrons. The van der Waals surface area contributed by atoms with Gasteiger partial charge in [-0.05, 0) is 19.9 Å². The number of thiazole rings is 1. The van der Waals surface area contributed by atoms with E-state index in [0.29, 0.717) is 21.9 Å². The Balaban J connectivity index is 1.72. The molecule has 1 N–H and O–H groups in total. The predicted molar refractivity (Wildman–Crippen MR) is 109 cm³/mol. The number of aryl methyl sites for hydroxylation is 1. The first-order valence-electron chi connectivity index (χ1n) is 8.98. The molecule has 5 rings (SSSR count). The van der Waals surface area contributed by atoms with Crippen LogP contribution in [-0.2, 0) is 11.8 Å². The fourth-order valence-electron chi connectivity index (χ4n) is 3.34. The van der Waals surface area contributed by atoms with E-state index in [2.05, 4.69) is 20.2 Å². The van der Waals surface area contributed by atoms with Gasteiger partial charge in [0.1, 0.15) is 21.3 Å². The fraction of sp³-hybridized carbons (Fsp3) is 0.211. The van der Waals surface area contributed by atoms with Gasteiger partial charge in [-0.1, -0.05) is 0 Å². The Morgan fingerprint density at radius 1 is 1.31 bits per heavy atom. The molecule has 0 aliphatic rings. The maximum absolute atomic E-state index is 12.8. The topological polar surface area (TPSA) is 107 Å². The number of hydrogen-bond donors (Lipinski definition) is 1. The van der Waals surface area contributed by atoms with Crippen molar-refractivity contribution in [3.05, 3.63) is 46.3 Å². The van der Waals surface area contributed by atoms with Crippen LogP contribution in [-0.4, -0.2) is 41.9 Å². The van der Waals surface area contributed by atoms with E-state index in [0.717, 1.165) is 21.0 Å². The molecule has 5 heterocycles. The van der Waals surface area contributed by atoms with Crippen molar-refractivity contribution in [1.29, 1.82) is 0 Å². The molecule has 0 spiro atoms. The number of carbonyl (C=O) groups excluding carboxylic acids is 1. The van der Waals surface area contributed by atoms with Gasteiger partial charge in [-0.25, -0.2) is 9.31 Å². The highest BCUT2D eigenvalue weighted by Crippen LogP contribution is 2.34. The molecule has 0 fully saturated rings. The highest BCUT2D eigenvalue weighted by molar-refractivity contribution is 7.21. The van der Waals surface area contributed by atoms with E-state index in [1.165, 1.54) is 17.5 Å². The Morgan fingerprint density at radius 3 is 2.86 bits per heavy atom. The van der Waals surface area contributed by atoms with Crippen LogP contribution in [0.3, 0.4) is 0 Å². The van der Waals surface area contributed by atoms with Crippen molar-refractivity contribution in [2.75, 3.05) is 6.61 Å². The molecule has 0 unspecified atom stereocenters. The molecule has 9 nitrogen and oxygen atoms in total. The minimum absolute atomic E-state index is 0.266. The summed E-state index contributed by atoms with van der Waals surface area (Å²) in [5.74, 6) is -0.481. The van der Waals surface area contributed by atoms with Gasteiger partial charge in [-0.15, -0.1) is 11.3 Å². The van der Waals surface area contributed by atoms with Crippen molar-refractivity contribution in [2.45, 2.75) is 13.8 Å².